The second kappa shape index (κ2) is 27.6. The van der Waals surface area contributed by atoms with Gasteiger partial charge >= 0.3 is 0 Å². The molecule has 0 amide bonds. The Hall–Kier alpha value is -9.60. The predicted octanol–water partition coefficient (Wildman–Crippen LogP) is 10.8. The van der Waals surface area contributed by atoms with Crippen LogP contribution >= 0.6 is 0 Å². The molecule has 0 aliphatic rings. The molecule has 0 spiro atoms. The molecule has 0 aliphatic heterocycles. The van der Waals surface area contributed by atoms with E-state index in [1.807, 2.05) is 0 Å². The Morgan fingerprint density at radius 2 is 0.333 bits per heavy atom. The number of nitrogen functional groups attached to an aromatic ring is 2. The highest BCUT2D eigenvalue weighted by Crippen LogP contribution is 2.35. The summed E-state index contributed by atoms with van der Waals surface area (Å²) in [7, 11) is -40.1. The molecule has 0 radical (unpaired) electrons. The average Bonchev–Trinajstić information content (AvgIpc) is 0.814. The summed E-state index contributed by atoms with van der Waals surface area (Å²) in [5, 5.41) is 23.2. The summed E-state index contributed by atoms with van der Waals surface area (Å²) < 4.78 is 278. The molecule has 12 N–H and O–H groups in total. The molecule has 0 atom stereocenters. The van der Waals surface area contributed by atoms with Crippen molar-refractivity contribution >= 4 is 175 Å². The zero-order valence-electron chi connectivity index (χ0n) is 47.7. The fourth-order valence-corrected chi connectivity index (χ4v) is 14.2. The van der Waals surface area contributed by atoms with E-state index >= 15 is 0 Å². The van der Waals surface area contributed by atoms with E-state index in [2.05, 4.69) is 30.7 Å². The van der Waals surface area contributed by atoms with E-state index in [9.17, 15) is 104 Å². The standard InChI is InChI=1S/C56H44N8O24S8/c57-41-17-9-33(49(25-41)89(65,66)67)1-3-35-11-19-43(27-51(35)91(71,72)73)59-61-45-21-13-37(53(29-45)93(77,78)79)5-7-39-15-23-47(31-55(39)95(83,84)85)63-64-48-24-16-40(56(32-48)96(86,87)88)8-6-38-14-22-46(30-54(38)94(80,81)82)62-60-44-20-12-36(52(28-44)92(74,75)76)4-2-34-10-18-42(58)26-50(34)90(68,69)70/h1-32H,57-58H2,(H,65,66,67)(H,68,69,70)(H,71,72,73)(H,74,75,76)(H,77,78,79)(H,80,81,82)(H,83,84,85)(H,86,87,88)/b3-1+,4-2+,7-5+,8-6+,61-59?,62-60?,64-63?. The first-order valence-electron chi connectivity index (χ1n) is 25.8. The van der Waals surface area contributed by atoms with Crippen molar-refractivity contribution in [3.8, 4) is 0 Å². The third-order valence-corrected chi connectivity index (χ3v) is 20.2. The van der Waals surface area contributed by atoms with Crippen molar-refractivity contribution in [1.82, 2.24) is 0 Å². The Balaban J connectivity index is 1.01. The van der Waals surface area contributed by atoms with Gasteiger partial charge < -0.3 is 11.5 Å². The largest absolute Gasteiger partial charge is 0.399 e. The van der Waals surface area contributed by atoms with E-state index in [0.29, 0.717) is 0 Å². The van der Waals surface area contributed by atoms with Gasteiger partial charge in [0.1, 0.15) is 39.2 Å². The summed E-state index contributed by atoms with van der Waals surface area (Å²) in [4.78, 5) is -6.01. The van der Waals surface area contributed by atoms with Gasteiger partial charge in [0.15, 0.2) is 0 Å². The van der Waals surface area contributed by atoms with Crippen molar-refractivity contribution in [2.24, 2.45) is 30.7 Å². The first kappa shape index (κ1) is 72.2. The lowest BCUT2D eigenvalue weighted by Crippen LogP contribution is -2.02. The van der Waals surface area contributed by atoms with Crippen LogP contribution in [0, 0.1) is 0 Å². The number of benzene rings is 8. The van der Waals surface area contributed by atoms with E-state index in [1.54, 1.807) is 0 Å². The number of azo groups is 3. The van der Waals surface area contributed by atoms with Gasteiger partial charge in [0.2, 0.25) is 0 Å². The van der Waals surface area contributed by atoms with Crippen LogP contribution in [0.15, 0.2) is 215 Å². The Labute approximate surface area is 546 Å². The third-order valence-electron chi connectivity index (χ3n) is 12.9. The predicted molar refractivity (Wildman–Crippen MR) is 347 cm³/mol. The number of nitrogens with two attached hydrogens (primary N) is 2. The first-order chi connectivity index (χ1) is 44.4. The highest BCUT2D eigenvalue weighted by Gasteiger charge is 2.23. The van der Waals surface area contributed by atoms with Gasteiger partial charge in [-0.25, -0.2) is 0 Å². The van der Waals surface area contributed by atoms with Gasteiger partial charge in [0.25, 0.3) is 80.9 Å². The monoisotopic (exact) mass is 1470 g/mol. The molecule has 0 bridgehead atoms. The number of hydrogen-bond acceptors (Lipinski definition) is 24. The SMILES string of the molecule is Nc1ccc(/C=C/c2ccc(N=Nc3ccc(/C=C/c4ccc(N=Nc5ccc(/C=C/c6ccc(N=Nc7ccc(/C=C/c8ccc(N)cc8S(=O)(=O)O)c(S(=O)(=O)O)c7)cc6S(=O)(=O)O)c(S(=O)(=O)O)c5)cc4S(=O)(=O)O)c(S(=O)(=O)O)c3)cc2S(=O)(=O)O)c(S(=O)(=O)O)c1. The van der Waals surface area contributed by atoms with Crippen LogP contribution in [-0.4, -0.2) is 104 Å². The second-order valence-electron chi connectivity index (χ2n) is 19.7. The molecule has 0 aromatic heterocycles. The summed E-state index contributed by atoms with van der Waals surface area (Å²) in [6, 6.07) is 25.6. The summed E-state index contributed by atoms with van der Waals surface area (Å²) in [5.74, 6) is 0. The minimum atomic E-state index is -5.14. The molecule has 0 saturated carbocycles. The molecule has 32 nitrogen and oxygen atoms in total. The molecule has 40 heteroatoms. The molecular formula is C56H44N8O24S8. The van der Waals surface area contributed by atoms with E-state index in [1.165, 1.54) is 48.5 Å². The van der Waals surface area contributed by atoms with Crippen LogP contribution in [-0.2, 0) is 80.9 Å². The van der Waals surface area contributed by atoms with Gasteiger partial charge in [-0.1, -0.05) is 97.1 Å². The molecule has 8 aromatic rings. The van der Waals surface area contributed by atoms with E-state index in [0.717, 1.165) is 146 Å². The Morgan fingerprint density at radius 1 is 0.208 bits per heavy atom. The highest BCUT2D eigenvalue weighted by atomic mass is 32.2. The third kappa shape index (κ3) is 18.7. The molecule has 96 heavy (non-hydrogen) atoms. The number of anilines is 2. The molecular weight excluding hydrogens is 1430 g/mol. The Bertz CT molecular complexity index is 5390. The van der Waals surface area contributed by atoms with E-state index in [-0.39, 0.29) is 90.0 Å². The second-order valence-corrected chi connectivity index (χ2v) is 30.8. The van der Waals surface area contributed by atoms with Gasteiger partial charge in [0, 0.05) is 11.4 Å². The minimum Gasteiger partial charge on any atom is -0.399 e. The van der Waals surface area contributed by atoms with Gasteiger partial charge in [0.05, 0.1) is 34.1 Å². The smallest absolute Gasteiger partial charge is 0.295 e. The van der Waals surface area contributed by atoms with Crippen LogP contribution < -0.4 is 11.5 Å². The van der Waals surface area contributed by atoms with E-state index < -0.39 is 120 Å². The summed E-state index contributed by atoms with van der Waals surface area (Å²) in [6.07, 6.45) is 8.48. The van der Waals surface area contributed by atoms with Crippen molar-refractivity contribution < 1.29 is 104 Å². The minimum absolute atomic E-state index is 0.0153. The lowest BCUT2D eigenvalue weighted by atomic mass is 10.1. The van der Waals surface area contributed by atoms with Crippen LogP contribution in [0.4, 0.5) is 45.5 Å². The average molecular weight is 1470 g/mol. The van der Waals surface area contributed by atoms with E-state index in [4.69, 9.17) is 11.5 Å². The van der Waals surface area contributed by atoms with Gasteiger partial charge in [-0.05, 0) is 142 Å². The zero-order valence-corrected chi connectivity index (χ0v) is 54.2. The molecule has 500 valence electrons. The van der Waals surface area contributed by atoms with Crippen molar-refractivity contribution in [2.45, 2.75) is 39.2 Å². The maximum Gasteiger partial charge on any atom is 0.295 e. The molecule has 0 heterocycles. The maximum absolute atomic E-state index is 12.7. The zero-order chi connectivity index (χ0) is 70.7. The molecule has 0 saturated heterocycles. The fraction of sp³-hybridized carbons (Fsp3) is 0. The molecule has 0 aliphatic carbocycles. The maximum atomic E-state index is 12.7. The lowest BCUT2D eigenvalue weighted by Gasteiger charge is -2.07. The van der Waals surface area contributed by atoms with Crippen LogP contribution in [0.5, 0.6) is 0 Å². The van der Waals surface area contributed by atoms with Crippen molar-refractivity contribution in [1.29, 1.82) is 0 Å². The molecule has 8 rings (SSSR count). The summed E-state index contributed by atoms with van der Waals surface area (Å²) in [5.41, 5.74) is 7.87. The number of nitrogens with zero attached hydrogens (tertiary/aromatic N) is 6. The lowest BCUT2D eigenvalue weighted by molar-refractivity contribution is 0.480. The number of hydrogen-bond donors (Lipinski definition) is 10. The molecule has 0 fully saturated rings. The van der Waals surface area contributed by atoms with Crippen LogP contribution in [0.25, 0.3) is 48.6 Å². The normalized spacial score (nSPS) is 13.5. The number of rotatable bonds is 22. The van der Waals surface area contributed by atoms with Gasteiger partial charge in [-0.3, -0.25) is 36.4 Å². The van der Waals surface area contributed by atoms with Crippen molar-refractivity contribution in [3.05, 3.63) is 190 Å². The van der Waals surface area contributed by atoms with Crippen molar-refractivity contribution in [3.63, 3.8) is 0 Å². The quantitative estimate of drug-likeness (QED) is 0.0130. The first-order valence-corrected chi connectivity index (χ1v) is 37.3. The summed E-state index contributed by atoms with van der Waals surface area (Å²) in [6.45, 7) is 0. The van der Waals surface area contributed by atoms with Crippen LogP contribution in [0.2, 0.25) is 0 Å². The summed E-state index contributed by atoms with van der Waals surface area (Å²) >= 11 is 0. The fourth-order valence-electron chi connectivity index (χ4n) is 8.57. The van der Waals surface area contributed by atoms with Gasteiger partial charge in [-0.15, -0.1) is 0 Å². The Morgan fingerprint density at radius 3 is 0.469 bits per heavy atom. The molecule has 0 unspecified atom stereocenters. The van der Waals surface area contributed by atoms with Gasteiger partial charge in [-0.2, -0.15) is 98.0 Å². The molecule has 8 aromatic carbocycles. The van der Waals surface area contributed by atoms with Crippen LogP contribution in [0.3, 0.4) is 0 Å². The topological polar surface area (TPSA) is 561 Å². The highest BCUT2D eigenvalue weighted by molar-refractivity contribution is 7.87. The Kier molecular flexibility index (Phi) is 20.8. The van der Waals surface area contributed by atoms with Crippen LogP contribution in [0.1, 0.15) is 44.5 Å². The van der Waals surface area contributed by atoms with Crippen molar-refractivity contribution in [2.75, 3.05) is 11.5 Å².